The first kappa shape index (κ1) is 17.0. The zero-order valence-corrected chi connectivity index (χ0v) is 15.2. The van der Waals surface area contributed by atoms with Crippen molar-refractivity contribution in [3.8, 4) is 0 Å². The first-order valence-electron chi connectivity index (χ1n) is 8.82. The van der Waals surface area contributed by atoms with Crippen LogP contribution in [0.15, 0.2) is 48.8 Å². The standard InChI is InChI=1S/C19H21N3O3S/c23-19(8-7-15-4-3-10-20-12-15)21-13-17(14-21)26(24,25)22-11-9-16-5-1-2-6-18(16)22/h1-6,10,12,17H,7-9,11,13-14H2. The number of amides is 1. The number of aromatic nitrogens is 1. The van der Waals surface area contributed by atoms with Gasteiger partial charge < -0.3 is 4.90 Å². The number of fused-ring (bicyclic) bond motifs is 1. The molecule has 26 heavy (non-hydrogen) atoms. The van der Waals surface area contributed by atoms with Crippen molar-refractivity contribution in [3.05, 3.63) is 59.9 Å². The molecule has 0 aliphatic carbocycles. The van der Waals surface area contributed by atoms with Gasteiger partial charge in [-0.15, -0.1) is 0 Å². The summed E-state index contributed by atoms with van der Waals surface area (Å²) in [5, 5.41) is -0.504. The molecule has 3 heterocycles. The number of pyridine rings is 1. The van der Waals surface area contributed by atoms with Crippen LogP contribution >= 0.6 is 0 Å². The Morgan fingerprint density at radius 3 is 2.73 bits per heavy atom. The maximum atomic E-state index is 12.9. The number of likely N-dealkylation sites (tertiary alicyclic amines) is 1. The lowest BCUT2D eigenvalue weighted by Gasteiger charge is -2.40. The minimum Gasteiger partial charge on any atom is -0.340 e. The van der Waals surface area contributed by atoms with Crippen LogP contribution in [0.2, 0.25) is 0 Å². The predicted octanol–water partition coefficient (Wildman–Crippen LogP) is 1.62. The van der Waals surface area contributed by atoms with Gasteiger partial charge in [0.2, 0.25) is 15.9 Å². The Morgan fingerprint density at radius 2 is 1.96 bits per heavy atom. The number of para-hydroxylation sites is 1. The zero-order chi connectivity index (χ0) is 18.1. The summed E-state index contributed by atoms with van der Waals surface area (Å²) in [6.07, 6.45) is 5.20. The summed E-state index contributed by atoms with van der Waals surface area (Å²) in [5.41, 5.74) is 2.87. The van der Waals surface area contributed by atoms with Gasteiger partial charge >= 0.3 is 0 Å². The van der Waals surface area contributed by atoms with Crippen molar-refractivity contribution in [2.24, 2.45) is 0 Å². The van der Waals surface area contributed by atoms with Crippen LogP contribution in [0, 0.1) is 0 Å². The average Bonchev–Trinajstić information content (AvgIpc) is 3.04. The minimum atomic E-state index is -3.42. The summed E-state index contributed by atoms with van der Waals surface area (Å²) >= 11 is 0. The molecule has 4 rings (SSSR count). The quantitative estimate of drug-likeness (QED) is 0.801. The van der Waals surface area contributed by atoms with Gasteiger partial charge in [-0.05, 0) is 36.1 Å². The third-order valence-corrected chi connectivity index (χ3v) is 7.26. The molecule has 1 fully saturated rings. The smallest absolute Gasteiger partial charge is 0.241 e. The first-order valence-corrected chi connectivity index (χ1v) is 10.3. The zero-order valence-electron chi connectivity index (χ0n) is 14.4. The second-order valence-corrected chi connectivity index (χ2v) is 8.92. The van der Waals surface area contributed by atoms with Gasteiger partial charge in [0.05, 0.1) is 5.69 Å². The molecule has 0 saturated carbocycles. The van der Waals surface area contributed by atoms with Gasteiger partial charge in [-0.25, -0.2) is 8.42 Å². The van der Waals surface area contributed by atoms with Crippen LogP contribution in [0.25, 0.3) is 0 Å². The summed E-state index contributed by atoms with van der Waals surface area (Å²) in [7, 11) is -3.42. The molecule has 1 amide bonds. The molecule has 0 unspecified atom stereocenters. The first-order chi connectivity index (χ1) is 12.6. The SMILES string of the molecule is O=C(CCc1cccnc1)N1CC(S(=O)(=O)N2CCc3ccccc32)C1. The molecule has 0 radical (unpaired) electrons. The lowest BCUT2D eigenvalue weighted by molar-refractivity contribution is -0.134. The fourth-order valence-electron chi connectivity index (χ4n) is 3.54. The lowest BCUT2D eigenvalue weighted by atomic mass is 10.1. The maximum absolute atomic E-state index is 12.9. The topological polar surface area (TPSA) is 70.6 Å². The molecular weight excluding hydrogens is 350 g/mol. The number of nitrogens with zero attached hydrogens (tertiary/aromatic N) is 3. The highest BCUT2D eigenvalue weighted by atomic mass is 32.2. The van der Waals surface area contributed by atoms with Crippen molar-refractivity contribution >= 4 is 21.6 Å². The Bertz CT molecular complexity index is 909. The summed E-state index contributed by atoms with van der Waals surface area (Å²) in [5.74, 6) is 0.00197. The Kier molecular flexibility index (Phi) is 4.40. The Balaban J connectivity index is 1.35. The summed E-state index contributed by atoms with van der Waals surface area (Å²) < 4.78 is 27.3. The van der Waals surface area contributed by atoms with Crippen molar-refractivity contribution in [2.75, 3.05) is 23.9 Å². The maximum Gasteiger partial charge on any atom is 0.241 e. The molecule has 1 aromatic heterocycles. The van der Waals surface area contributed by atoms with Crippen LogP contribution in [0.5, 0.6) is 0 Å². The number of sulfonamides is 1. The van der Waals surface area contributed by atoms with Gasteiger partial charge in [0.25, 0.3) is 0 Å². The Labute approximate surface area is 153 Å². The van der Waals surface area contributed by atoms with Crippen LogP contribution in [-0.2, 0) is 27.7 Å². The molecule has 7 heteroatoms. The van der Waals surface area contributed by atoms with E-state index in [0.717, 1.165) is 23.2 Å². The predicted molar refractivity (Wildman–Crippen MR) is 99.3 cm³/mol. The number of benzene rings is 1. The number of rotatable bonds is 5. The van der Waals surface area contributed by atoms with Crippen LogP contribution in [0.3, 0.4) is 0 Å². The Morgan fingerprint density at radius 1 is 1.15 bits per heavy atom. The molecule has 6 nitrogen and oxygen atoms in total. The van der Waals surface area contributed by atoms with Crippen LogP contribution in [-0.4, -0.2) is 49.1 Å². The molecule has 0 spiro atoms. The second kappa shape index (κ2) is 6.72. The van der Waals surface area contributed by atoms with E-state index in [1.807, 2.05) is 36.4 Å². The van der Waals surface area contributed by atoms with Gasteiger partial charge in [-0.1, -0.05) is 24.3 Å². The highest BCUT2D eigenvalue weighted by Gasteiger charge is 2.44. The van der Waals surface area contributed by atoms with E-state index in [2.05, 4.69) is 4.98 Å². The monoisotopic (exact) mass is 371 g/mol. The third kappa shape index (κ3) is 3.07. The molecule has 2 aliphatic rings. The second-order valence-electron chi connectivity index (χ2n) is 6.78. The number of aryl methyl sites for hydroxylation is 1. The minimum absolute atomic E-state index is 0.00197. The lowest BCUT2D eigenvalue weighted by Crippen LogP contribution is -2.59. The molecule has 1 aromatic carbocycles. The van der Waals surface area contributed by atoms with Gasteiger partial charge in [0.15, 0.2) is 0 Å². The molecule has 1 saturated heterocycles. The number of hydrogen-bond acceptors (Lipinski definition) is 4. The van der Waals surface area contributed by atoms with E-state index in [4.69, 9.17) is 0 Å². The molecule has 2 aromatic rings. The molecule has 0 atom stereocenters. The van der Waals surface area contributed by atoms with Gasteiger partial charge in [-0.2, -0.15) is 0 Å². The van der Waals surface area contributed by atoms with Crippen molar-refractivity contribution in [1.82, 2.24) is 9.88 Å². The summed E-state index contributed by atoms with van der Waals surface area (Å²) in [6.45, 7) is 1.06. The van der Waals surface area contributed by atoms with Crippen LogP contribution < -0.4 is 4.31 Å². The van der Waals surface area contributed by atoms with E-state index in [9.17, 15) is 13.2 Å². The van der Waals surface area contributed by atoms with Crippen molar-refractivity contribution in [3.63, 3.8) is 0 Å². The van der Waals surface area contributed by atoms with Crippen LogP contribution in [0.1, 0.15) is 17.5 Å². The van der Waals surface area contributed by atoms with E-state index >= 15 is 0 Å². The van der Waals surface area contributed by atoms with E-state index < -0.39 is 15.3 Å². The highest BCUT2D eigenvalue weighted by Crippen LogP contribution is 2.33. The molecular formula is C19H21N3O3S. The molecule has 136 valence electrons. The molecule has 2 aliphatic heterocycles. The van der Waals surface area contributed by atoms with Gasteiger partial charge in [-0.3, -0.25) is 14.1 Å². The number of carbonyl (C=O) groups is 1. The summed E-state index contributed by atoms with van der Waals surface area (Å²) in [6, 6.07) is 11.4. The highest BCUT2D eigenvalue weighted by molar-refractivity contribution is 7.93. The van der Waals surface area contributed by atoms with Crippen LogP contribution in [0.4, 0.5) is 5.69 Å². The third-order valence-electron chi connectivity index (χ3n) is 5.12. The van der Waals surface area contributed by atoms with Gasteiger partial charge in [0.1, 0.15) is 5.25 Å². The number of hydrogen-bond donors (Lipinski definition) is 0. The van der Waals surface area contributed by atoms with Gasteiger partial charge in [0, 0.05) is 38.4 Å². The fraction of sp³-hybridized carbons (Fsp3) is 0.368. The van der Waals surface area contributed by atoms with E-state index in [0.29, 0.717) is 19.4 Å². The van der Waals surface area contributed by atoms with Crippen molar-refractivity contribution in [1.29, 1.82) is 0 Å². The normalized spacial score (nSPS) is 17.1. The number of anilines is 1. The molecule has 0 N–H and O–H groups in total. The summed E-state index contributed by atoms with van der Waals surface area (Å²) in [4.78, 5) is 18.0. The van der Waals surface area contributed by atoms with E-state index in [1.165, 1.54) is 4.31 Å². The largest absolute Gasteiger partial charge is 0.340 e. The average molecular weight is 371 g/mol. The van der Waals surface area contributed by atoms with Crippen molar-refractivity contribution in [2.45, 2.75) is 24.5 Å². The molecule has 0 bridgehead atoms. The van der Waals surface area contributed by atoms with E-state index in [-0.39, 0.29) is 19.0 Å². The number of carbonyl (C=O) groups excluding carboxylic acids is 1. The van der Waals surface area contributed by atoms with E-state index in [1.54, 1.807) is 17.3 Å². The fourth-order valence-corrected chi connectivity index (χ4v) is 5.43. The Hall–Kier alpha value is -2.41. The van der Waals surface area contributed by atoms with Crippen molar-refractivity contribution < 1.29 is 13.2 Å².